The molecule has 3 N–H and O–H groups in total. The van der Waals surface area contributed by atoms with Gasteiger partial charge in [0.2, 0.25) is 0 Å². The first kappa shape index (κ1) is 33.1. The van der Waals surface area contributed by atoms with E-state index in [-0.39, 0.29) is 18.9 Å². The van der Waals surface area contributed by atoms with Gasteiger partial charge in [-0.3, -0.25) is 4.79 Å². The van der Waals surface area contributed by atoms with Crippen LogP contribution >= 0.6 is 0 Å². The smallest absolute Gasteiger partial charge is 0.391 e. The Morgan fingerprint density at radius 1 is 1.07 bits per heavy atom. The number of benzene rings is 3. The van der Waals surface area contributed by atoms with Gasteiger partial charge in [0.05, 0.1) is 23.5 Å². The molecule has 2 atom stereocenters. The summed E-state index contributed by atoms with van der Waals surface area (Å²) in [7, 11) is 0. The number of amides is 1. The number of aliphatic hydroxyl groups is 2. The van der Waals surface area contributed by atoms with Crippen molar-refractivity contribution < 1.29 is 32.6 Å². The second-order valence-corrected chi connectivity index (χ2v) is 12.3. The molecule has 0 aliphatic heterocycles. The third-order valence-electron chi connectivity index (χ3n) is 8.24. The Kier molecular flexibility index (Phi) is 9.56. The summed E-state index contributed by atoms with van der Waals surface area (Å²) in [5, 5.41) is 28.8. The first-order valence-electron chi connectivity index (χ1n) is 14.6. The molecular formula is C34H39F4N3O3. The van der Waals surface area contributed by atoms with Crippen molar-refractivity contribution in [2.75, 3.05) is 6.54 Å². The van der Waals surface area contributed by atoms with Gasteiger partial charge in [0.1, 0.15) is 5.82 Å². The second kappa shape index (κ2) is 12.7. The molecule has 0 fully saturated rings. The van der Waals surface area contributed by atoms with Crippen LogP contribution in [0.3, 0.4) is 0 Å². The van der Waals surface area contributed by atoms with Crippen LogP contribution in [-0.4, -0.2) is 50.3 Å². The summed E-state index contributed by atoms with van der Waals surface area (Å²) < 4.78 is 59.1. The fraction of sp³-hybridized carbons (Fsp3) is 0.412. The number of alkyl halides is 3. The van der Waals surface area contributed by atoms with Crippen molar-refractivity contribution in [3.63, 3.8) is 0 Å². The Morgan fingerprint density at radius 3 is 2.48 bits per heavy atom. The minimum atomic E-state index is -4.92. The lowest BCUT2D eigenvalue weighted by Crippen LogP contribution is -2.49. The highest BCUT2D eigenvalue weighted by Gasteiger charge is 2.55. The summed E-state index contributed by atoms with van der Waals surface area (Å²) in [6.45, 7) is 8.64. The number of aryl methyl sites for hydroxylation is 3. The van der Waals surface area contributed by atoms with Crippen molar-refractivity contribution >= 4 is 16.8 Å². The number of carbonyl (C=O) groups is 1. The van der Waals surface area contributed by atoms with Crippen LogP contribution in [0.4, 0.5) is 17.6 Å². The van der Waals surface area contributed by atoms with E-state index in [4.69, 9.17) is 0 Å². The normalized spacial score (nSPS) is 14.4. The molecule has 1 amide bonds. The number of nitrogens with zero attached hydrogens (tertiary/aromatic N) is 2. The Bertz CT molecular complexity index is 1650. The van der Waals surface area contributed by atoms with Gasteiger partial charge in [-0.25, -0.2) is 9.07 Å². The highest BCUT2D eigenvalue weighted by atomic mass is 19.4. The average Bonchev–Trinajstić information content (AvgIpc) is 3.38. The number of nitrogens with one attached hydrogen (secondary N) is 1. The van der Waals surface area contributed by atoms with Gasteiger partial charge in [0, 0.05) is 17.5 Å². The molecule has 0 spiro atoms. The molecule has 0 aliphatic rings. The maximum absolute atomic E-state index is 14.5. The summed E-state index contributed by atoms with van der Waals surface area (Å²) in [5.74, 6) is -0.898. The molecule has 4 rings (SSSR count). The molecule has 0 aliphatic carbocycles. The summed E-state index contributed by atoms with van der Waals surface area (Å²) in [6, 6.07) is 14.4. The molecule has 0 saturated carbocycles. The standard InChI is InChI=1S/C34H39F4N3O3/c1-6-27(42)18-39-31(43)24-8-7-9-26(16-24)41-30-15-21(2)14-23(28(30)19-40-41)12-13-33(44,34(36,37)38)20-32(4,5)29-17-25(35)11-10-22(29)3/h7-11,14-17,19,27,42,44H,6,12-13,18,20H2,1-5H3,(H,39,43). The molecule has 1 aromatic heterocycles. The Hall–Kier alpha value is -3.76. The molecule has 236 valence electrons. The topological polar surface area (TPSA) is 87.4 Å². The van der Waals surface area contributed by atoms with E-state index >= 15 is 0 Å². The first-order chi connectivity index (χ1) is 20.5. The highest BCUT2D eigenvalue weighted by molar-refractivity contribution is 5.95. The molecule has 44 heavy (non-hydrogen) atoms. The van der Waals surface area contributed by atoms with Crippen LogP contribution in [0.2, 0.25) is 0 Å². The van der Waals surface area contributed by atoms with Gasteiger partial charge < -0.3 is 15.5 Å². The van der Waals surface area contributed by atoms with E-state index in [0.717, 1.165) is 5.56 Å². The van der Waals surface area contributed by atoms with Crippen LogP contribution < -0.4 is 5.32 Å². The maximum Gasteiger partial charge on any atom is 0.417 e. The molecule has 2 unspecified atom stereocenters. The van der Waals surface area contributed by atoms with Crippen LogP contribution in [0.15, 0.2) is 60.8 Å². The first-order valence-corrected chi connectivity index (χ1v) is 14.6. The van der Waals surface area contributed by atoms with E-state index in [0.29, 0.717) is 45.3 Å². The van der Waals surface area contributed by atoms with E-state index < -0.39 is 42.0 Å². The SMILES string of the molecule is CCC(O)CNC(=O)c1cccc(-n2ncc3c(CCC(O)(CC(C)(C)c4cc(F)ccc4C)C(F)(F)F)cc(C)cc32)c1. The van der Waals surface area contributed by atoms with Crippen molar-refractivity contribution in [1.29, 1.82) is 0 Å². The van der Waals surface area contributed by atoms with Crippen molar-refractivity contribution in [2.45, 2.75) is 83.6 Å². The number of aromatic nitrogens is 2. The van der Waals surface area contributed by atoms with Crippen molar-refractivity contribution in [3.05, 3.63) is 94.4 Å². The van der Waals surface area contributed by atoms with E-state index in [1.807, 2.05) is 19.9 Å². The van der Waals surface area contributed by atoms with Crippen LogP contribution in [0.25, 0.3) is 16.6 Å². The predicted molar refractivity (Wildman–Crippen MR) is 163 cm³/mol. The highest BCUT2D eigenvalue weighted by Crippen LogP contribution is 2.44. The predicted octanol–water partition coefficient (Wildman–Crippen LogP) is 6.88. The third-order valence-corrected chi connectivity index (χ3v) is 8.24. The van der Waals surface area contributed by atoms with Crippen LogP contribution in [0.1, 0.15) is 72.6 Å². The average molecular weight is 614 g/mol. The van der Waals surface area contributed by atoms with Crippen molar-refractivity contribution in [2.24, 2.45) is 0 Å². The summed E-state index contributed by atoms with van der Waals surface area (Å²) in [6.07, 6.45) is -4.82. The van der Waals surface area contributed by atoms with Crippen LogP contribution in [-0.2, 0) is 11.8 Å². The van der Waals surface area contributed by atoms with Gasteiger partial charge in [-0.2, -0.15) is 18.3 Å². The lowest BCUT2D eigenvalue weighted by molar-refractivity contribution is -0.269. The monoisotopic (exact) mass is 613 g/mol. The summed E-state index contributed by atoms with van der Waals surface area (Å²) in [5.41, 5.74) is -0.160. The van der Waals surface area contributed by atoms with Gasteiger partial charge in [-0.1, -0.05) is 39.0 Å². The molecule has 3 aromatic carbocycles. The number of hydrogen-bond acceptors (Lipinski definition) is 4. The van der Waals surface area contributed by atoms with Gasteiger partial charge in [0.15, 0.2) is 5.60 Å². The second-order valence-electron chi connectivity index (χ2n) is 12.3. The van der Waals surface area contributed by atoms with E-state index in [1.165, 1.54) is 18.2 Å². The Labute approximate surface area is 254 Å². The quantitative estimate of drug-likeness (QED) is 0.161. The number of fused-ring (bicyclic) bond motifs is 1. The molecule has 4 aromatic rings. The Morgan fingerprint density at radius 2 is 1.80 bits per heavy atom. The molecular weight excluding hydrogens is 574 g/mol. The van der Waals surface area contributed by atoms with Crippen molar-refractivity contribution in [3.8, 4) is 5.69 Å². The molecule has 6 nitrogen and oxygen atoms in total. The lowest BCUT2D eigenvalue weighted by atomic mass is 9.72. The summed E-state index contributed by atoms with van der Waals surface area (Å²) in [4.78, 5) is 12.7. The zero-order valence-corrected chi connectivity index (χ0v) is 25.6. The molecule has 0 saturated heterocycles. The van der Waals surface area contributed by atoms with Gasteiger partial charge >= 0.3 is 6.18 Å². The molecule has 0 bridgehead atoms. The number of carbonyl (C=O) groups excluding carboxylic acids is 1. The zero-order valence-electron chi connectivity index (χ0n) is 25.6. The van der Waals surface area contributed by atoms with Crippen LogP contribution in [0.5, 0.6) is 0 Å². The van der Waals surface area contributed by atoms with E-state index in [9.17, 15) is 32.6 Å². The molecule has 10 heteroatoms. The largest absolute Gasteiger partial charge is 0.417 e. The zero-order chi connectivity index (χ0) is 32.4. The fourth-order valence-corrected chi connectivity index (χ4v) is 5.82. The third kappa shape index (κ3) is 7.13. The molecule has 0 radical (unpaired) electrons. The molecule has 1 heterocycles. The minimum absolute atomic E-state index is 0.0830. The van der Waals surface area contributed by atoms with Gasteiger partial charge in [-0.05, 0) is 104 Å². The Balaban J connectivity index is 1.63. The number of halogens is 4. The van der Waals surface area contributed by atoms with Crippen LogP contribution in [0, 0.1) is 19.7 Å². The maximum atomic E-state index is 14.5. The minimum Gasteiger partial charge on any atom is -0.391 e. The lowest BCUT2D eigenvalue weighted by Gasteiger charge is -2.38. The fourth-order valence-electron chi connectivity index (χ4n) is 5.82. The number of hydrogen-bond donors (Lipinski definition) is 3. The van der Waals surface area contributed by atoms with Gasteiger partial charge in [-0.15, -0.1) is 0 Å². The van der Waals surface area contributed by atoms with Gasteiger partial charge in [0.25, 0.3) is 5.91 Å². The van der Waals surface area contributed by atoms with E-state index in [1.54, 1.807) is 62.0 Å². The van der Waals surface area contributed by atoms with E-state index in [2.05, 4.69) is 10.4 Å². The number of aliphatic hydroxyl groups excluding tert-OH is 1. The number of rotatable bonds is 11. The summed E-state index contributed by atoms with van der Waals surface area (Å²) >= 11 is 0. The van der Waals surface area contributed by atoms with Crippen molar-refractivity contribution in [1.82, 2.24) is 15.1 Å².